The molecule has 11 heteroatoms. The van der Waals surface area contributed by atoms with Crippen LogP contribution in [0.15, 0.2) is 39.7 Å². The minimum Gasteiger partial charge on any atom is -0.326 e. The normalized spacial score (nSPS) is 12.4. The standard InChI is InChI=1S/C21H25BrN6O3S/c1-12(11-28-16(5)19(22)15(4)26-28)20(29)25-17-6-8-18(9-7-17)32(30,31)27-21-23-13(2)10-14(3)24-21/h6-10,12H,11H2,1-5H3,(H,25,29)(H,23,24,27). The second kappa shape index (κ2) is 9.37. The van der Waals surface area contributed by atoms with E-state index in [1.54, 1.807) is 36.7 Å². The molecule has 0 spiro atoms. The molecule has 0 saturated heterocycles. The van der Waals surface area contributed by atoms with Crippen LogP contribution >= 0.6 is 15.9 Å². The average Bonchev–Trinajstić information content (AvgIpc) is 2.93. The maximum absolute atomic E-state index is 12.6. The number of carbonyl (C=O) groups excluding carboxylic acids is 1. The number of rotatable bonds is 7. The molecule has 2 aromatic heterocycles. The second-order valence-electron chi connectivity index (χ2n) is 7.66. The number of aryl methyl sites for hydroxylation is 3. The van der Waals surface area contributed by atoms with Crippen LogP contribution in [0.5, 0.6) is 0 Å². The fourth-order valence-corrected chi connectivity index (χ4v) is 4.36. The number of nitrogens with one attached hydrogen (secondary N) is 2. The van der Waals surface area contributed by atoms with E-state index in [1.165, 1.54) is 12.1 Å². The molecular weight excluding hydrogens is 496 g/mol. The Kier molecular flexibility index (Phi) is 6.99. The first-order chi connectivity index (χ1) is 15.0. The number of anilines is 2. The van der Waals surface area contributed by atoms with E-state index in [-0.39, 0.29) is 22.7 Å². The Hall–Kier alpha value is -2.79. The van der Waals surface area contributed by atoms with Crippen LogP contribution in [0.1, 0.15) is 29.7 Å². The van der Waals surface area contributed by atoms with Crippen LogP contribution in [-0.2, 0) is 21.4 Å². The summed E-state index contributed by atoms with van der Waals surface area (Å²) in [5, 5.41) is 7.24. The lowest BCUT2D eigenvalue weighted by Gasteiger charge is -2.14. The molecule has 1 aromatic carbocycles. The molecule has 0 aliphatic heterocycles. The van der Waals surface area contributed by atoms with Crippen molar-refractivity contribution in [1.29, 1.82) is 0 Å². The molecule has 2 heterocycles. The lowest BCUT2D eigenvalue weighted by atomic mass is 10.1. The summed E-state index contributed by atoms with van der Waals surface area (Å²) in [4.78, 5) is 20.8. The summed E-state index contributed by atoms with van der Waals surface area (Å²) in [5.41, 5.74) is 3.65. The van der Waals surface area contributed by atoms with Crippen molar-refractivity contribution in [3.63, 3.8) is 0 Å². The van der Waals surface area contributed by atoms with E-state index < -0.39 is 10.0 Å². The summed E-state index contributed by atoms with van der Waals surface area (Å²) < 4.78 is 30.4. The number of aromatic nitrogens is 4. The highest BCUT2D eigenvalue weighted by Crippen LogP contribution is 2.21. The van der Waals surface area contributed by atoms with Gasteiger partial charge >= 0.3 is 0 Å². The van der Waals surface area contributed by atoms with Crippen LogP contribution in [0.25, 0.3) is 0 Å². The van der Waals surface area contributed by atoms with Crippen LogP contribution < -0.4 is 10.0 Å². The number of amides is 1. The Bertz CT molecular complexity index is 1240. The third-order valence-electron chi connectivity index (χ3n) is 4.83. The van der Waals surface area contributed by atoms with Crippen molar-refractivity contribution in [1.82, 2.24) is 19.7 Å². The topological polar surface area (TPSA) is 119 Å². The zero-order chi connectivity index (χ0) is 23.6. The summed E-state index contributed by atoms with van der Waals surface area (Å²) in [6.07, 6.45) is 0. The predicted octanol–water partition coefficient (Wildman–Crippen LogP) is 3.74. The van der Waals surface area contributed by atoms with E-state index >= 15 is 0 Å². The van der Waals surface area contributed by atoms with Gasteiger partial charge in [-0.3, -0.25) is 9.48 Å². The molecule has 0 bridgehead atoms. The fraction of sp³-hybridized carbons (Fsp3) is 0.333. The molecule has 1 unspecified atom stereocenters. The zero-order valence-corrected chi connectivity index (χ0v) is 20.9. The third kappa shape index (κ3) is 5.52. The van der Waals surface area contributed by atoms with Gasteiger partial charge < -0.3 is 5.32 Å². The van der Waals surface area contributed by atoms with Gasteiger partial charge in [0.05, 0.1) is 27.5 Å². The molecule has 0 radical (unpaired) electrons. The summed E-state index contributed by atoms with van der Waals surface area (Å²) in [6, 6.07) is 7.68. The number of sulfonamides is 1. The molecule has 0 aliphatic carbocycles. The minimum atomic E-state index is -3.86. The Labute approximate surface area is 195 Å². The SMILES string of the molecule is Cc1cc(C)nc(NS(=O)(=O)c2ccc(NC(=O)C(C)Cn3nc(C)c(Br)c3C)cc2)n1. The fourth-order valence-electron chi connectivity index (χ4n) is 3.13. The van der Waals surface area contributed by atoms with Gasteiger partial charge in [-0.15, -0.1) is 0 Å². The second-order valence-corrected chi connectivity index (χ2v) is 10.1. The number of benzene rings is 1. The molecule has 32 heavy (non-hydrogen) atoms. The molecular formula is C21H25BrN6O3S. The Balaban J connectivity index is 1.66. The van der Waals surface area contributed by atoms with Gasteiger partial charge in [-0.25, -0.2) is 23.1 Å². The van der Waals surface area contributed by atoms with Gasteiger partial charge in [0.2, 0.25) is 11.9 Å². The summed E-state index contributed by atoms with van der Waals surface area (Å²) in [5.74, 6) is -0.512. The van der Waals surface area contributed by atoms with Gasteiger partial charge in [0.25, 0.3) is 10.0 Å². The first-order valence-electron chi connectivity index (χ1n) is 9.92. The number of halogens is 1. The van der Waals surface area contributed by atoms with E-state index in [4.69, 9.17) is 0 Å². The van der Waals surface area contributed by atoms with Gasteiger partial charge in [0.15, 0.2) is 0 Å². The van der Waals surface area contributed by atoms with E-state index in [9.17, 15) is 13.2 Å². The minimum absolute atomic E-state index is 0.0180. The Morgan fingerprint density at radius 3 is 2.22 bits per heavy atom. The first-order valence-corrected chi connectivity index (χ1v) is 12.2. The summed E-state index contributed by atoms with van der Waals surface area (Å²) in [7, 11) is -3.86. The van der Waals surface area contributed by atoms with E-state index in [0.29, 0.717) is 23.6 Å². The Morgan fingerprint density at radius 1 is 1.09 bits per heavy atom. The molecule has 1 amide bonds. The number of carbonyl (C=O) groups is 1. The molecule has 3 aromatic rings. The van der Waals surface area contributed by atoms with Crippen molar-refractivity contribution >= 4 is 43.5 Å². The van der Waals surface area contributed by atoms with Crippen LogP contribution in [-0.4, -0.2) is 34.1 Å². The number of hydrogen-bond acceptors (Lipinski definition) is 6. The van der Waals surface area contributed by atoms with Crippen molar-refractivity contribution in [3.05, 3.63) is 57.6 Å². The van der Waals surface area contributed by atoms with Crippen molar-refractivity contribution in [2.24, 2.45) is 5.92 Å². The van der Waals surface area contributed by atoms with Crippen molar-refractivity contribution in [2.75, 3.05) is 10.0 Å². The number of hydrogen-bond donors (Lipinski definition) is 2. The van der Waals surface area contributed by atoms with Gasteiger partial charge in [0.1, 0.15) is 0 Å². The third-order valence-corrected chi connectivity index (χ3v) is 7.32. The molecule has 0 aliphatic rings. The molecule has 170 valence electrons. The first kappa shape index (κ1) is 23.9. The van der Waals surface area contributed by atoms with Crippen molar-refractivity contribution in [2.45, 2.75) is 46.1 Å². The van der Waals surface area contributed by atoms with E-state index in [0.717, 1.165) is 15.9 Å². The molecule has 1 atom stereocenters. The van der Waals surface area contributed by atoms with E-state index in [2.05, 4.69) is 41.0 Å². The molecule has 3 rings (SSSR count). The van der Waals surface area contributed by atoms with Crippen molar-refractivity contribution < 1.29 is 13.2 Å². The predicted molar refractivity (Wildman–Crippen MR) is 126 cm³/mol. The van der Waals surface area contributed by atoms with Crippen LogP contribution in [0.4, 0.5) is 11.6 Å². The smallest absolute Gasteiger partial charge is 0.264 e. The van der Waals surface area contributed by atoms with Gasteiger partial charge in [-0.05, 0) is 74.0 Å². The highest BCUT2D eigenvalue weighted by molar-refractivity contribution is 9.10. The van der Waals surface area contributed by atoms with Crippen LogP contribution in [0.3, 0.4) is 0 Å². The van der Waals surface area contributed by atoms with Gasteiger partial charge in [0, 0.05) is 22.8 Å². The van der Waals surface area contributed by atoms with Crippen LogP contribution in [0, 0.1) is 33.6 Å². The van der Waals surface area contributed by atoms with Gasteiger partial charge in [-0.2, -0.15) is 5.10 Å². The highest BCUT2D eigenvalue weighted by Gasteiger charge is 2.19. The molecule has 2 N–H and O–H groups in total. The quantitative estimate of drug-likeness (QED) is 0.489. The lowest BCUT2D eigenvalue weighted by Crippen LogP contribution is -2.25. The molecule has 9 nitrogen and oxygen atoms in total. The van der Waals surface area contributed by atoms with E-state index in [1.807, 2.05) is 20.8 Å². The Morgan fingerprint density at radius 2 is 1.69 bits per heavy atom. The average molecular weight is 521 g/mol. The highest BCUT2D eigenvalue weighted by atomic mass is 79.9. The lowest BCUT2D eigenvalue weighted by molar-refractivity contribution is -0.119. The van der Waals surface area contributed by atoms with Crippen molar-refractivity contribution in [3.8, 4) is 0 Å². The monoisotopic (exact) mass is 520 g/mol. The maximum Gasteiger partial charge on any atom is 0.264 e. The number of nitrogens with zero attached hydrogens (tertiary/aromatic N) is 4. The molecule has 0 saturated carbocycles. The largest absolute Gasteiger partial charge is 0.326 e. The maximum atomic E-state index is 12.6. The van der Waals surface area contributed by atoms with Gasteiger partial charge in [-0.1, -0.05) is 6.92 Å². The zero-order valence-electron chi connectivity index (χ0n) is 18.5. The summed E-state index contributed by atoms with van der Waals surface area (Å²) in [6.45, 7) is 9.60. The van der Waals surface area contributed by atoms with Crippen LogP contribution in [0.2, 0.25) is 0 Å². The summed E-state index contributed by atoms with van der Waals surface area (Å²) >= 11 is 3.49. The molecule has 0 fully saturated rings.